The number of ether oxygens (including phenoxy) is 1. The van der Waals surface area contributed by atoms with Gasteiger partial charge in [-0.1, -0.05) is 25.7 Å². The lowest BCUT2D eigenvalue weighted by atomic mass is 9.88. The maximum absolute atomic E-state index is 11.5. The highest BCUT2D eigenvalue weighted by Crippen LogP contribution is 2.38. The van der Waals surface area contributed by atoms with Gasteiger partial charge in [0, 0.05) is 25.2 Å². The fourth-order valence-electron chi connectivity index (χ4n) is 4.13. The molecule has 2 saturated carbocycles. The van der Waals surface area contributed by atoms with Gasteiger partial charge in [-0.3, -0.25) is 4.90 Å². The molecule has 0 bridgehead atoms. The van der Waals surface area contributed by atoms with Crippen LogP contribution >= 0.6 is 0 Å². The third-order valence-electron chi connectivity index (χ3n) is 5.28. The molecule has 1 heterocycles. The Labute approximate surface area is 122 Å². The minimum absolute atomic E-state index is 0.270. The topological polar surface area (TPSA) is 41.6 Å². The molecule has 2 unspecified atom stereocenters. The number of likely N-dealkylation sites (tertiary alicyclic amines) is 1. The van der Waals surface area contributed by atoms with Crippen molar-refractivity contribution in [2.45, 2.75) is 63.5 Å². The molecule has 3 fully saturated rings. The van der Waals surface area contributed by atoms with Gasteiger partial charge in [-0.2, -0.15) is 0 Å². The summed E-state index contributed by atoms with van der Waals surface area (Å²) >= 11 is 0. The molecule has 4 nitrogen and oxygen atoms in total. The van der Waals surface area contributed by atoms with Crippen LogP contribution in [0.25, 0.3) is 0 Å². The molecule has 1 amide bonds. The van der Waals surface area contributed by atoms with Crippen molar-refractivity contribution in [3.8, 4) is 0 Å². The summed E-state index contributed by atoms with van der Waals surface area (Å²) in [4.78, 5) is 14.2. The molecule has 1 N–H and O–H groups in total. The van der Waals surface area contributed by atoms with Crippen molar-refractivity contribution in [1.82, 2.24) is 10.2 Å². The minimum atomic E-state index is -0.270. The highest BCUT2D eigenvalue weighted by Gasteiger charge is 2.35. The van der Waals surface area contributed by atoms with Gasteiger partial charge in [-0.15, -0.1) is 0 Å². The van der Waals surface area contributed by atoms with E-state index in [2.05, 4.69) is 10.2 Å². The third kappa shape index (κ3) is 3.66. The molecule has 0 aromatic carbocycles. The first-order chi connectivity index (χ1) is 9.74. The predicted molar refractivity (Wildman–Crippen MR) is 78.6 cm³/mol. The summed E-state index contributed by atoms with van der Waals surface area (Å²) in [5, 5.41) is 3.04. The average Bonchev–Trinajstić information content (AvgIpc) is 3.08. The molecule has 0 aromatic rings. The number of hydrogen-bond acceptors (Lipinski definition) is 3. The maximum atomic E-state index is 11.5. The van der Waals surface area contributed by atoms with Crippen molar-refractivity contribution in [2.24, 2.45) is 11.8 Å². The number of alkyl carbamates (subject to hydrolysis) is 1. The number of methoxy groups -OCH3 is 1. The second-order valence-corrected chi connectivity index (χ2v) is 7.01. The number of nitrogens with one attached hydrogen (secondary N) is 1. The molecule has 2 aliphatic carbocycles. The van der Waals surface area contributed by atoms with E-state index in [1.165, 1.54) is 58.6 Å². The summed E-state index contributed by atoms with van der Waals surface area (Å²) in [5.41, 5.74) is 0. The van der Waals surface area contributed by atoms with Crippen molar-refractivity contribution in [2.75, 3.05) is 20.2 Å². The third-order valence-corrected chi connectivity index (χ3v) is 5.28. The van der Waals surface area contributed by atoms with Gasteiger partial charge in [0.1, 0.15) is 0 Å². The highest BCUT2D eigenvalue weighted by molar-refractivity contribution is 5.67. The number of piperidine rings is 1. The van der Waals surface area contributed by atoms with Gasteiger partial charge in [0.25, 0.3) is 0 Å². The fraction of sp³-hybridized carbons (Fsp3) is 0.938. The molecule has 1 aliphatic heterocycles. The molecule has 2 atom stereocenters. The first kappa shape index (κ1) is 14.2. The normalized spacial score (nSPS) is 32.2. The summed E-state index contributed by atoms with van der Waals surface area (Å²) in [7, 11) is 1.45. The van der Waals surface area contributed by atoms with Crippen molar-refractivity contribution in [3.05, 3.63) is 0 Å². The Morgan fingerprint density at radius 2 is 1.90 bits per heavy atom. The number of hydrogen-bond donors (Lipinski definition) is 1. The maximum Gasteiger partial charge on any atom is 0.407 e. The van der Waals surface area contributed by atoms with Gasteiger partial charge >= 0.3 is 6.09 Å². The number of carbonyl (C=O) groups excluding carboxylic acids is 1. The van der Waals surface area contributed by atoms with Gasteiger partial charge in [0.2, 0.25) is 0 Å². The van der Waals surface area contributed by atoms with Crippen molar-refractivity contribution >= 4 is 6.09 Å². The van der Waals surface area contributed by atoms with E-state index < -0.39 is 0 Å². The smallest absolute Gasteiger partial charge is 0.407 e. The first-order valence-electron chi connectivity index (χ1n) is 8.33. The highest BCUT2D eigenvalue weighted by atomic mass is 16.5. The predicted octanol–water partition coefficient (Wildman–Crippen LogP) is 2.78. The van der Waals surface area contributed by atoms with Crippen LogP contribution in [0.2, 0.25) is 0 Å². The molecule has 3 rings (SSSR count). The molecule has 3 aliphatic rings. The Morgan fingerprint density at radius 1 is 1.15 bits per heavy atom. The summed E-state index contributed by atoms with van der Waals surface area (Å²) in [6, 6.07) is 1.04. The zero-order chi connectivity index (χ0) is 13.9. The molecule has 0 radical (unpaired) electrons. The Hall–Kier alpha value is -0.770. The Kier molecular flexibility index (Phi) is 4.49. The van der Waals surface area contributed by atoms with Crippen LogP contribution in [-0.4, -0.2) is 43.3 Å². The molecule has 0 aromatic heterocycles. The van der Waals surface area contributed by atoms with Gasteiger partial charge < -0.3 is 10.1 Å². The monoisotopic (exact) mass is 280 g/mol. The SMILES string of the molecule is COC(=O)NC1CC(CC2CC2)CN(C2CCCC2)C1. The number of amides is 1. The Morgan fingerprint density at radius 3 is 2.55 bits per heavy atom. The molecule has 20 heavy (non-hydrogen) atoms. The van der Waals surface area contributed by atoms with Crippen LogP contribution in [0.5, 0.6) is 0 Å². The van der Waals surface area contributed by atoms with Crippen LogP contribution in [-0.2, 0) is 4.74 Å². The lowest BCUT2D eigenvalue weighted by Gasteiger charge is -2.41. The van der Waals surface area contributed by atoms with Crippen LogP contribution in [0.1, 0.15) is 51.4 Å². The Balaban J connectivity index is 1.59. The van der Waals surface area contributed by atoms with E-state index in [9.17, 15) is 4.79 Å². The second-order valence-electron chi connectivity index (χ2n) is 7.01. The van der Waals surface area contributed by atoms with Gasteiger partial charge in [-0.05, 0) is 37.5 Å². The van der Waals surface area contributed by atoms with E-state index in [0.29, 0.717) is 0 Å². The molecule has 4 heteroatoms. The van der Waals surface area contributed by atoms with E-state index >= 15 is 0 Å². The van der Waals surface area contributed by atoms with Crippen molar-refractivity contribution in [3.63, 3.8) is 0 Å². The molecule has 1 saturated heterocycles. The van der Waals surface area contributed by atoms with E-state index in [4.69, 9.17) is 4.74 Å². The fourth-order valence-corrected chi connectivity index (χ4v) is 4.13. The van der Waals surface area contributed by atoms with E-state index in [1.54, 1.807) is 0 Å². The first-order valence-corrected chi connectivity index (χ1v) is 8.33. The average molecular weight is 280 g/mol. The lowest BCUT2D eigenvalue weighted by Crippen LogP contribution is -2.53. The molecular weight excluding hydrogens is 252 g/mol. The van der Waals surface area contributed by atoms with E-state index in [-0.39, 0.29) is 12.1 Å². The van der Waals surface area contributed by atoms with E-state index in [0.717, 1.165) is 30.8 Å². The summed E-state index contributed by atoms with van der Waals surface area (Å²) < 4.78 is 4.77. The van der Waals surface area contributed by atoms with Crippen molar-refractivity contribution in [1.29, 1.82) is 0 Å². The lowest BCUT2D eigenvalue weighted by molar-refractivity contribution is 0.0885. The number of carbonyl (C=O) groups is 1. The minimum Gasteiger partial charge on any atom is -0.453 e. The van der Waals surface area contributed by atoms with Gasteiger partial charge in [0.05, 0.1) is 7.11 Å². The van der Waals surface area contributed by atoms with Crippen LogP contribution in [0, 0.1) is 11.8 Å². The summed E-state index contributed by atoms with van der Waals surface area (Å²) in [5.74, 6) is 1.74. The van der Waals surface area contributed by atoms with Gasteiger partial charge in [0.15, 0.2) is 0 Å². The largest absolute Gasteiger partial charge is 0.453 e. The number of nitrogens with zero attached hydrogens (tertiary/aromatic N) is 1. The van der Waals surface area contributed by atoms with Gasteiger partial charge in [-0.25, -0.2) is 4.79 Å². The van der Waals surface area contributed by atoms with E-state index in [1.807, 2.05) is 0 Å². The Bertz CT molecular complexity index is 337. The molecule has 114 valence electrons. The zero-order valence-corrected chi connectivity index (χ0v) is 12.6. The molecule has 0 spiro atoms. The number of rotatable bonds is 4. The van der Waals surface area contributed by atoms with Crippen molar-refractivity contribution < 1.29 is 9.53 Å². The van der Waals surface area contributed by atoms with Crippen LogP contribution in [0.3, 0.4) is 0 Å². The summed E-state index contributed by atoms with van der Waals surface area (Å²) in [6.45, 7) is 2.27. The second kappa shape index (κ2) is 6.33. The quantitative estimate of drug-likeness (QED) is 0.861. The van der Waals surface area contributed by atoms with Crippen LogP contribution < -0.4 is 5.32 Å². The zero-order valence-electron chi connectivity index (χ0n) is 12.6. The summed E-state index contributed by atoms with van der Waals surface area (Å²) in [6.07, 6.45) is 10.5. The van der Waals surface area contributed by atoms with Crippen LogP contribution in [0.15, 0.2) is 0 Å². The van der Waals surface area contributed by atoms with Crippen LogP contribution in [0.4, 0.5) is 4.79 Å². The molecular formula is C16H28N2O2. The standard InChI is InChI=1S/C16H28N2O2/c1-20-16(19)17-14-9-13(8-12-6-7-12)10-18(11-14)15-4-2-3-5-15/h12-15H,2-11H2,1H3,(H,17,19).